The van der Waals surface area contributed by atoms with Gasteiger partial charge in [0.15, 0.2) is 0 Å². The van der Waals surface area contributed by atoms with Gasteiger partial charge < -0.3 is 10.1 Å². The molecule has 1 fully saturated rings. The van der Waals surface area contributed by atoms with Crippen molar-refractivity contribution in [1.29, 1.82) is 0 Å². The van der Waals surface area contributed by atoms with Crippen LogP contribution in [0.3, 0.4) is 0 Å². The van der Waals surface area contributed by atoms with Gasteiger partial charge in [0.1, 0.15) is 5.65 Å². The van der Waals surface area contributed by atoms with Gasteiger partial charge in [-0.15, -0.1) is 0 Å². The number of hydrogen-bond acceptors (Lipinski definition) is 3. The van der Waals surface area contributed by atoms with E-state index < -0.39 is 0 Å². The monoisotopic (exact) mass is 320 g/mol. The Bertz CT molecular complexity index is 824. The molecule has 0 unspecified atom stereocenters. The van der Waals surface area contributed by atoms with E-state index in [0.29, 0.717) is 11.8 Å². The van der Waals surface area contributed by atoms with Crippen LogP contribution in [0.15, 0.2) is 54.9 Å². The summed E-state index contributed by atoms with van der Waals surface area (Å²) < 4.78 is 2.19. The lowest BCUT2D eigenvalue weighted by Crippen LogP contribution is -2.23. The second-order valence-corrected chi connectivity index (χ2v) is 6.89. The first-order chi connectivity index (χ1) is 11.7. The maximum atomic E-state index is 6.06. The van der Waals surface area contributed by atoms with E-state index in [9.17, 15) is 0 Å². The zero-order chi connectivity index (χ0) is 16.5. The smallest absolute Gasteiger partial charge is 0.137 e. The molecule has 0 radical (unpaired) electrons. The first-order valence-corrected chi connectivity index (χ1v) is 8.64. The lowest BCUT2D eigenvalue weighted by atomic mass is 9.89. The van der Waals surface area contributed by atoms with E-state index in [-0.39, 0.29) is 0 Å². The van der Waals surface area contributed by atoms with E-state index in [4.69, 9.17) is 5.73 Å². The van der Waals surface area contributed by atoms with Crippen LogP contribution in [0.2, 0.25) is 0 Å². The van der Waals surface area contributed by atoms with Gasteiger partial charge in [0.05, 0.1) is 11.9 Å². The molecule has 1 saturated heterocycles. The maximum Gasteiger partial charge on any atom is 0.137 e. The standard InChI is InChI=1S/C20H24N4/c1-15-7-8-24-18(11-22-20(24)9-15)13-23-12-17(10-21)19(14-23)16-5-3-2-4-6-16/h2-9,11,17,19H,10,12-14,21H2,1H3/t17-,19+/m1/s1. The quantitative estimate of drug-likeness (QED) is 0.804. The summed E-state index contributed by atoms with van der Waals surface area (Å²) in [5, 5.41) is 0. The molecule has 4 rings (SSSR count). The summed E-state index contributed by atoms with van der Waals surface area (Å²) in [5.74, 6) is 1.05. The fourth-order valence-electron chi connectivity index (χ4n) is 3.89. The maximum absolute atomic E-state index is 6.06. The summed E-state index contributed by atoms with van der Waals surface area (Å²) in [6, 6.07) is 15.0. The van der Waals surface area contributed by atoms with Crippen LogP contribution >= 0.6 is 0 Å². The van der Waals surface area contributed by atoms with Crippen molar-refractivity contribution in [3.8, 4) is 0 Å². The van der Waals surface area contributed by atoms with Crippen LogP contribution in [0.5, 0.6) is 0 Å². The number of hydrogen-bond donors (Lipinski definition) is 1. The topological polar surface area (TPSA) is 46.6 Å². The highest BCUT2D eigenvalue weighted by molar-refractivity contribution is 5.43. The highest BCUT2D eigenvalue weighted by Gasteiger charge is 2.33. The van der Waals surface area contributed by atoms with E-state index in [0.717, 1.165) is 31.8 Å². The van der Waals surface area contributed by atoms with Crippen LogP contribution in [0.1, 0.15) is 22.7 Å². The molecule has 2 atom stereocenters. The Morgan fingerprint density at radius 3 is 2.79 bits per heavy atom. The summed E-state index contributed by atoms with van der Waals surface area (Å²) >= 11 is 0. The Labute approximate surface area is 142 Å². The third-order valence-electron chi connectivity index (χ3n) is 5.18. The van der Waals surface area contributed by atoms with Gasteiger partial charge in [0, 0.05) is 31.7 Å². The van der Waals surface area contributed by atoms with Crippen molar-refractivity contribution in [2.75, 3.05) is 19.6 Å². The summed E-state index contributed by atoms with van der Waals surface area (Å²) in [6.45, 7) is 5.87. The van der Waals surface area contributed by atoms with Gasteiger partial charge >= 0.3 is 0 Å². The van der Waals surface area contributed by atoms with E-state index >= 15 is 0 Å². The fourth-order valence-corrected chi connectivity index (χ4v) is 3.89. The molecule has 4 heteroatoms. The summed E-state index contributed by atoms with van der Waals surface area (Å²) in [7, 11) is 0. The molecule has 1 aliphatic rings. The van der Waals surface area contributed by atoms with Gasteiger partial charge in [-0.3, -0.25) is 4.90 Å². The first-order valence-electron chi connectivity index (χ1n) is 8.64. The van der Waals surface area contributed by atoms with Crippen LogP contribution in [-0.2, 0) is 6.54 Å². The minimum atomic E-state index is 0.522. The van der Waals surface area contributed by atoms with Gasteiger partial charge in [-0.1, -0.05) is 30.3 Å². The van der Waals surface area contributed by atoms with Crippen LogP contribution in [-0.4, -0.2) is 33.9 Å². The van der Waals surface area contributed by atoms with Crippen molar-refractivity contribution in [2.24, 2.45) is 11.7 Å². The lowest BCUT2D eigenvalue weighted by Gasteiger charge is -2.16. The molecule has 0 amide bonds. The van der Waals surface area contributed by atoms with Crippen molar-refractivity contribution in [1.82, 2.24) is 14.3 Å². The number of likely N-dealkylation sites (tertiary alicyclic amines) is 1. The van der Waals surface area contributed by atoms with Gasteiger partial charge in [0.2, 0.25) is 0 Å². The molecule has 0 aliphatic carbocycles. The molecular formula is C20H24N4. The van der Waals surface area contributed by atoms with E-state index in [2.05, 4.69) is 69.9 Å². The molecule has 124 valence electrons. The van der Waals surface area contributed by atoms with E-state index in [1.54, 1.807) is 0 Å². The molecule has 0 bridgehead atoms. The number of nitrogens with zero attached hydrogens (tertiary/aromatic N) is 3. The van der Waals surface area contributed by atoms with Crippen LogP contribution < -0.4 is 5.73 Å². The molecule has 1 aliphatic heterocycles. The second-order valence-electron chi connectivity index (χ2n) is 6.89. The minimum Gasteiger partial charge on any atom is -0.330 e. The molecule has 24 heavy (non-hydrogen) atoms. The molecule has 3 heterocycles. The Morgan fingerprint density at radius 2 is 2.00 bits per heavy atom. The predicted octanol–water partition coefficient (Wildman–Crippen LogP) is 2.82. The zero-order valence-corrected chi connectivity index (χ0v) is 14.1. The van der Waals surface area contributed by atoms with Crippen molar-refractivity contribution < 1.29 is 0 Å². The van der Waals surface area contributed by atoms with Crippen molar-refractivity contribution in [3.63, 3.8) is 0 Å². The third-order valence-corrected chi connectivity index (χ3v) is 5.18. The molecule has 0 spiro atoms. The Morgan fingerprint density at radius 1 is 1.17 bits per heavy atom. The van der Waals surface area contributed by atoms with Crippen molar-refractivity contribution in [2.45, 2.75) is 19.4 Å². The molecule has 3 aromatic rings. The number of rotatable bonds is 4. The number of nitrogens with two attached hydrogens (primary N) is 1. The molecule has 1 aromatic carbocycles. The first kappa shape index (κ1) is 15.4. The Balaban J connectivity index is 1.55. The zero-order valence-electron chi connectivity index (χ0n) is 14.1. The minimum absolute atomic E-state index is 0.522. The van der Waals surface area contributed by atoms with Crippen LogP contribution in [0.25, 0.3) is 5.65 Å². The predicted molar refractivity (Wildman–Crippen MR) is 96.9 cm³/mol. The van der Waals surface area contributed by atoms with Gasteiger partial charge in [-0.25, -0.2) is 4.98 Å². The second kappa shape index (κ2) is 6.38. The van der Waals surface area contributed by atoms with Crippen molar-refractivity contribution >= 4 is 5.65 Å². The normalized spacial score (nSPS) is 21.6. The van der Waals surface area contributed by atoms with Crippen molar-refractivity contribution in [3.05, 3.63) is 71.7 Å². The highest BCUT2D eigenvalue weighted by Crippen LogP contribution is 2.32. The summed E-state index contributed by atoms with van der Waals surface area (Å²) in [4.78, 5) is 7.06. The SMILES string of the molecule is Cc1ccn2c(CN3C[C@@H](CN)[C@H](c4ccccc4)C3)cnc2c1. The van der Waals surface area contributed by atoms with E-state index in [1.807, 2.05) is 6.20 Å². The Kier molecular flexibility index (Phi) is 4.08. The van der Waals surface area contributed by atoms with E-state index in [1.165, 1.54) is 16.8 Å². The average molecular weight is 320 g/mol. The van der Waals surface area contributed by atoms with Gasteiger partial charge in [-0.2, -0.15) is 0 Å². The van der Waals surface area contributed by atoms with Crippen LogP contribution in [0, 0.1) is 12.8 Å². The number of imidazole rings is 1. The largest absolute Gasteiger partial charge is 0.330 e. The van der Waals surface area contributed by atoms with Gasteiger partial charge in [-0.05, 0) is 42.6 Å². The summed E-state index contributed by atoms with van der Waals surface area (Å²) in [6.07, 6.45) is 4.13. The third kappa shape index (κ3) is 2.83. The number of aryl methyl sites for hydroxylation is 1. The number of pyridine rings is 1. The molecule has 2 N–H and O–H groups in total. The number of benzene rings is 1. The summed E-state index contributed by atoms with van der Waals surface area (Å²) in [5.41, 5.74) is 11.0. The fraction of sp³-hybridized carbons (Fsp3) is 0.350. The molecule has 2 aromatic heterocycles. The number of fused-ring (bicyclic) bond motifs is 1. The van der Waals surface area contributed by atoms with Crippen LogP contribution in [0.4, 0.5) is 0 Å². The molecule has 4 nitrogen and oxygen atoms in total. The number of aromatic nitrogens is 2. The lowest BCUT2D eigenvalue weighted by molar-refractivity contribution is 0.312. The van der Waals surface area contributed by atoms with Gasteiger partial charge in [0.25, 0.3) is 0 Å². The average Bonchev–Trinajstić information content (AvgIpc) is 3.20. The highest BCUT2D eigenvalue weighted by atomic mass is 15.2. The Hall–Kier alpha value is -2.17. The molecule has 0 saturated carbocycles. The molecular weight excluding hydrogens is 296 g/mol.